The summed E-state index contributed by atoms with van der Waals surface area (Å²) < 4.78 is 4.98. The van der Waals surface area contributed by atoms with Gasteiger partial charge in [-0.25, -0.2) is 4.79 Å². The lowest BCUT2D eigenvalue weighted by atomic mass is 10.0. The first-order valence-corrected chi connectivity index (χ1v) is 8.09. The summed E-state index contributed by atoms with van der Waals surface area (Å²) in [6.45, 7) is 4.73. The molecule has 1 aromatic rings. The van der Waals surface area contributed by atoms with Gasteiger partial charge >= 0.3 is 6.09 Å². The van der Waals surface area contributed by atoms with Gasteiger partial charge in [0, 0.05) is 37.3 Å². The Morgan fingerprint density at radius 2 is 1.79 bits per heavy atom. The van der Waals surface area contributed by atoms with Gasteiger partial charge in [-0.1, -0.05) is 0 Å². The maximum atomic E-state index is 12.3. The number of hydrogen-bond acceptors (Lipinski definition) is 4. The standard InChI is InChI=1S/C17H23N3O4/c1-3-24-17(23)20-10-8-15(9-11-20)19-16(22)13-4-6-14(7-5-13)18-12(2)21/h4-7,15H,3,8-11H2,1-2H3,(H,18,21)(H,19,22). The number of benzene rings is 1. The van der Waals surface area contributed by atoms with E-state index in [0.29, 0.717) is 43.8 Å². The molecule has 0 aliphatic carbocycles. The highest BCUT2D eigenvalue weighted by Crippen LogP contribution is 2.14. The third-order valence-corrected chi connectivity index (χ3v) is 3.82. The molecule has 1 fully saturated rings. The van der Waals surface area contributed by atoms with Crippen molar-refractivity contribution in [2.24, 2.45) is 0 Å². The molecule has 24 heavy (non-hydrogen) atoms. The van der Waals surface area contributed by atoms with Crippen molar-refractivity contribution in [3.63, 3.8) is 0 Å². The normalized spacial score (nSPS) is 14.8. The maximum absolute atomic E-state index is 12.3. The summed E-state index contributed by atoms with van der Waals surface area (Å²) in [5.41, 5.74) is 1.19. The topological polar surface area (TPSA) is 87.7 Å². The highest BCUT2D eigenvalue weighted by atomic mass is 16.6. The quantitative estimate of drug-likeness (QED) is 0.882. The van der Waals surface area contributed by atoms with E-state index >= 15 is 0 Å². The van der Waals surface area contributed by atoms with Gasteiger partial charge in [-0.15, -0.1) is 0 Å². The summed E-state index contributed by atoms with van der Waals surface area (Å²) in [6.07, 6.45) is 1.11. The van der Waals surface area contributed by atoms with Gasteiger partial charge < -0.3 is 20.3 Å². The van der Waals surface area contributed by atoms with Crippen LogP contribution in [-0.2, 0) is 9.53 Å². The fourth-order valence-electron chi connectivity index (χ4n) is 2.60. The number of ether oxygens (including phenoxy) is 1. The van der Waals surface area contributed by atoms with Gasteiger partial charge in [0.15, 0.2) is 0 Å². The minimum Gasteiger partial charge on any atom is -0.450 e. The molecular weight excluding hydrogens is 310 g/mol. The fraction of sp³-hybridized carbons (Fsp3) is 0.471. The van der Waals surface area contributed by atoms with Gasteiger partial charge in [-0.05, 0) is 44.0 Å². The highest BCUT2D eigenvalue weighted by Gasteiger charge is 2.24. The van der Waals surface area contributed by atoms with Crippen LogP contribution in [0.25, 0.3) is 0 Å². The molecule has 1 aliphatic rings. The van der Waals surface area contributed by atoms with Crippen molar-refractivity contribution in [3.8, 4) is 0 Å². The Bertz CT molecular complexity index is 592. The first-order valence-electron chi connectivity index (χ1n) is 8.09. The zero-order valence-electron chi connectivity index (χ0n) is 14.0. The number of likely N-dealkylation sites (tertiary alicyclic amines) is 1. The molecule has 7 nitrogen and oxygen atoms in total. The number of amides is 3. The number of carbonyl (C=O) groups excluding carboxylic acids is 3. The maximum Gasteiger partial charge on any atom is 0.409 e. The van der Waals surface area contributed by atoms with Gasteiger partial charge in [-0.2, -0.15) is 0 Å². The molecule has 0 saturated carbocycles. The number of anilines is 1. The van der Waals surface area contributed by atoms with Crippen LogP contribution in [-0.4, -0.2) is 48.5 Å². The van der Waals surface area contributed by atoms with Crippen molar-refractivity contribution in [1.29, 1.82) is 0 Å². The lowest BCUT2D eigenvalue weighted by molar-refractivity contribution is -0.114. The van der Waals surface area contributed by atoms with E-state index in [1.165, 1.54) is 6.92 Å². The SMILES string of the molecule is CCOC(=O)N1CCC(NC(=O)c2ccc(NC(C)=O)cc2)CC1. The summed E-state index contributed by atoms with van der Waals surface area (Å²) in [4.78, 5) is 36.5. The Morgan fingerprint density at radius 1 is 1.17 bits per heavy atom. The molecule has 0 aromatic heterocycles. The summed E-state index contributed by atoms with van der Waals surface area (Å²) in [7, 11) is 0. The molecule has 1 saturated heterocycles. The number of nitrogens with one attached hydrogen (secondary N) is 2. The Morgan fingerprint density at radius 3 is 2.33 bits per heavy atom. The number of rotatable bonds is 4. The van der Waals surface area contributed by atoms with Crippen LogP contribution in [0.3, 0.4) is 0 Å². The summed E-state index contributed by atoms with van der Waals surface area (Å²) in [5.74, 6) is -0.306. The van der Waals surface area contributed by atoms with Crippen LogP contribution in [0, 0.1) is 0 Å². The summed E-state index contributed by atoms with van der Waals surface area (Å²) in [6, 6.07) is 6.78. The van der Waals surface area contributed by atoms with E-state index in [-0.39, 0.29) is 23.9 Å². The molecule has 0 atom stereocenters. The molecule has 7 heteroatoms. The molecule has 0 radical (unpaired) electrons. The second kappa shape index (κ2) is 8.33. The van der Waals surface area contributed by atoms with E-state index in [0.717, 1.165) is 0 Å². The van der Waals surface area contributed by atoms with E-state index in [9.17, 15) is 14.4 Å². The number of nitrogens with zero attached hydrogens (tertiary/aromatic N) is 1. The molecule has 2 N–H and O–H groups in total. The van der Waals surface area contributed by atoms with Crippen molar-refractivity contribution in [2.75, 3.05) is 25.0 Å². The van der Waals surface area contributed by atoms with Crippen LogP contribution in [0.2, 0.25) is 0 Å². The van der Waals surface area contributed by atoms with Gasteiger partial charge in [0.25, 0.3) is 5.91 Å². The predicted molar refractivity (Wildman–Crippen MR) is 89.8 cm³/mol. The molecule has 0 bridgehead atoms. The van der Waals surface area contributed by atoms with Crippen LogP contribution in [0.15, 0.2) is 24.3 Å². The van der Waals surface area contributed by atoms with Crippen molar-refractivity contribution < 1.29 is 19.1 Å². The van der Waals surface area contributed by atoms with Crippen molar-refractivity contribution in [1.82, 2.24) is 10.2 Å². The van der Waals surface area contributed by atoms with E-state index in [1.807, 2.05) is 0 Å². The zero-order chi connectivity index (χ0) is 17.5. The lowest BCUT2D eigenvalue weighted by Crippen LogP contribution is -2.46. The summed E-state index contributed by atoms with van der Waals surface area (Å²) in [5, 5.41) is 5.64. The lowest BCUT2D eigenvalue weighted by Gasteiger charge is -2.31. The van der Waals surface area contributed by atoms with Crippen molar-refractivity contribution in [3.05, 3.63) is 29.8 Å². The number of hydrogen-bond donors (Lipinski definition) is 2. The molecule has 1 aromatic carbocycles. The Hall–Kier alpha value is -2.57. The molecule has 1 heterocycles. The molecule has 0 spiro atoms. The molecule has 3 amide bonds. The first kappa shape index (κ1) is 17.8. The van der Waals surface area contributed by atoms with E-state index in [1.54, 1.807) is 36.1 Å². The Labute approximate surface area is 141 Å². The van der Waals surface area contributed by atoms with Crippen LogP contribution in [0.4, 0.5) is 10.5 Å². The van der Waals surface area contributed by atoms with Gasteiger partial charge in [0.2, 0.25) is 5.91 Å². The zero-order valence-corrected chi connectivity index (χ0v) is 14.0. The van der Waals surface area contributed by atoms with Gasteiger partial charge in [0.1, 0.15) is 0 Å². The van der Waals surface area contributed by atoms with Crippen LogP contribution in [0.5, 0.6) is 0 Å². The molecule has 130 valence electrons. The van der Waals surface area contributed by atoms with E-state index in [2.05, 4.69) is 10.6 Å². The van der Waals surface area contributed by atoms with Crippen molar-refractivity contribution in [2.45, 2.75) is 32.7 Å². The minimum absolute atomic E-state index is 0.0400. The minimum atomic E-state index is -0.296. The third kappa shape index (κ3) is 4.97. The summed E-state index contributed by atoms with van der Waals surface area (Å²) >= 11 is 0. The van der Waals surface area contributed by atoms with Crippen LogP contribution < -0.4 is 10.6 Å². The Kier molecular flexibility index (Phi) is 6.17. The first-order chi connectivity index (χ1) is 11.5. The molecule has 2 rings (SSSR count). The van der Waals surface area contributed by atoms with E-state index < -0.39 is 0 Å². The second-order valence-electron chi connectivity index (χ2n) is 5.69. The van der Waals surface area contributed by atoms with Gasteiger partial charge in [-0.3, -0.25) is 9.59 Å². The third-order valence-electron chi connectivity index (χ3n) is 3.82. The molecule has 1 aliphatic heterocycles. The molecule has 0 unspecified atom stereocenters. The number of carbonyl (C=O) groups is 3. The van der Waals surface area contributed by atoms with Gasteiger partial charge in [0.05, 0.1) is 6.61 Å². The number of piperidine rings is 1. The predicted octanol–water partition coefficient (Wildman–Crippen LogP) is 2.00. The average Bonchev–Trinajstić information content (AvgIpc) is 2.56. The monoisotopic (exact) mass is 333 g/mol. The average molecular weight is 333 g/mol. The Balaban J connectivity index is 1.83. The van der Waals surface area contributed by atoms with Crippen LogP contribution >= 0.6 is 0 Å². The molecular formula is C17H23N3O4. The fourth-order valence-corrected chi connectivity index (χ4v) is 2.60. The largest absolute Gasteiger partial charge is 0.450 e. The highest BCUT2D eigenvalue weighted by molar-refractivity contribution is 5.95. The smallest absolute Gasteiger partial charge is 0.409 e. The van der Waals surface area contributed by atoms with E-state index in [4.69, 9.17) is 4.74 Å². The van der Waals surface area contributed by atoms with Crippen LogP contribution in [0.1, 0.15) is 37.0 Å². The van der Waals surface area contributed by atoms with Crippen molar-refractivity contribution >= 4 is 23.6 Å². The second-order valence-corrected chi connectivity index (χ2v) is 5.69.